The van der Waals surface area contributed by atoms with Crippen molar-refractivity contribution in [1.29, 1.82) is 0 Å². The lowest BCUT2D eigenvalue weighted by atomic mass is 10.1. The Balaban J connectivity index is 0.000000810. The summed E-state index contributed by atoms with van der Waals surface area (Å²) >= 11 is 0. The van der Waals surface area contributed by atoms with Gasteiger partial charge in [-0.15, -0.1) is 24.0 Å². The van der Waals surface area contributed by atoms with Gasteiger partial charge in [0.15, 0.2) is 0 Å². The summed E-state index contributed by atoms with van der Waals surface area (Å²) in [5, 5.41) is 0. The van der Waals surface area contributed by atoms with Gasteiger partial charge in [-0.2, -0.15) is 0 Å². The first-order valence-electron chi connectivity index (χ1n) is 4.10. The Labute approximate surface area is 81.4 Å². The molecule has 1 nitrogen and oxygen atoms in total. The highest BCUT2D eigenvalue weighted by Crippen LogP contribution is 2.14. The van der Waals surface area contributed by atoms with Gasteiger partial charge >= 0.3 is 0 Å². The topological polar surface area (TPSA) is 0 Å². The van der Waals surface area contributed by atoms with Crippen molar-refractivity contribution in [3.05, 3.63) is 0 Å². The summed E-state index contributed by atoms with van der Waals surface area (Å²) in [6.07, 6.45) is 4.36. The van der Waals surface area contributed by atoms with E-state index in [1.165, 1.54) is 43.4 Å². The van der Waals surface area contributed by atoms with E-state index in [-0.39, 0.29) is 24.0 Å². The first-order valence-corrected chi connectivity index (χ1v) is 4.10. The van der Waals surface area contributed by atoms with Crippen LogP contribution < -0.4 is 0 Å². The largest absolute Gasteiger partial charge is 0.326 e. The zero-order valence-electron chi connectivity index (χ0n) is 7.10. The molecule has 0 aromatic heterocycles. The van der Waals surface area contributed by atoms with Crippen molar-refractivity contribution in [2.24, 2.45) is 0 Å². The number of piperidine rings is 1. The molecule has 2 heteroatoms. The van der Waals surface area contributed by atoms with Crippen LogP contribution in [0.4, 0.5) is 0 Å². The summed E-state index contributed by atoms with van der Waals surface area (Å²) in [6.45, 7) is 6.44. The zero-order valence-corrected chi connectivity index (χ0v) is 9.43. The van der Waals surface area contributed by atoms with E-state index in [1.807, 2.05) is 0 Å². The van der Waals surface area contributed by atoms with Crippen molar-refractivity contribution in [1.82, 2.24) is 0 Å². The Bertz CT molecular complexity index is 87.3. The molecule has 0 amide bonds. The number of nitrogens with zero attached hydrogens (tertiary/aromatic N) is 1. The summed E-state index contributed by atoms with van der Waals surface area (Å²) in [4.78, 5) is 0. The van der Waals surface area contributed by atoms with Crippen LogP contribution in [0.15, 0.2) is 0 Å². The van der Waals surface area contributed by atoms with E-state index in [1.54, 1.807) is 0 Å². The van der Waals surface area contributed by atoms with Crippen LogP contribution in [-0.2, 0) is 0 Å². The molecule has 1 fully saturated rings. The summed E-state index contributed by atoms with van der Waals surface area (Å²) in [5.41, 5.74) is 0. The molecule has 0 bridgehead atoms. The highest BCUT2D eigenvalue weighted by atomic mass is 127. The Morgan fingerprint density at radius 3 is 1.90 bits per heavy atom. The van der Waals surface area contributed by atoms with Gasteiger partial charge in [0.25, 0.3) is 0 Å². The molecule has 62 valence electrons. The molecular formula is C8H19IN+. The van der Waals surface area contributed by atoms with Gasteiger partial charge in [0.2, 0.25) is 0 Å². The standard InChI is InChI=1S/C8H18N.HI/c1-3-9(2)7-5-4-6-8-9;/h3-8H2,1-2H3;1H/q+1;. The molecule has 1 heterocycles. The Morgan fingerprint density at radius 1 is 1.10 bits per heavy atom. The highest BCUT2D eigenvalue weighted by Gasteiger charge is 2.21. The van der Waals surface area contributed by atoms with E-state index in [9.17, 15) is 0 Å². The fourth-order valence-corrected chi connectivity index (χ4v) is 1.59. The predicted molar refractivity (Wildman–Crippen MR) is 55.7 cm³/mol. The Morgan fingerprint density at radius 2 is 1.60 bits per heavy atom. The fourth-order valence-electron chi connectivity index (χ4n) is 1.59. The van der Waals surface area contributed by atoms with Crippen LogP contribution in [0.25, 0.3) is 0 Å². The molecule has 1 rings (SSSR count). The zero-order chi connectivity index (χ0) is 6.74. The van der Waals surface area contributed by atoms with Gasteiger partial charge < -0.3 is 4.48 Å². The molecule has 0 aliphatic carbocycles. The molecule has 0 aromatic carbocycles. The maximum Gasteiger partial charge on any atom is 0.0784 e. The van der Waals surface area contributed by atoms with Crippen LogP contribution in [0.2, 0.25) is 0 Å². The SMILES string of the molecule is CC[N+]1(C)CCCCC1.I. The second-order valence-electron chi connectivity index (χ2n) is 3.44. The van der Waals surface area contributed by atoms with Gasteiger partial charge in [-0.05, 0) is 26.2 Å². The average molecular weight is 256 g/mol. The van der Waals surface area contributed by atoms with Gasteiger partial charge in [0.1, 0.15) is 0 Å². The maximum absolute atomic E-state index is 2.37. The normalized spacial score (nSPS) is 23.4. The number of quaternary nitrogens is 1. The van der Waals surface area contributed by atoms with Gasteiger partial charge in [0.05, 0.1) is 26.7 Å². The number of likely N-dealkylation sites (tertiary alicyclic amines) is 1. The molecule has 0 radical (unpaired) electrons. The number of halogens is 1. The molecule has 1 aliphatic heterocycles. The smallest absolute Gasteiger partial charge is 0.0784 e. The van der Waals surface area contributed by atoms with Crippen LogP contribution in [-0.4, -0.2) is 31.2 Å². The van der Waals surface area contributed by atoms with E-state index < -0.39 is 0 Å². The minimum absolute atomic E-state index is 0. The monoisotopic (exact) mass is 256 g/mol. The highest BCUT2D eigenvalue weighted by molar-refractivity contribution is 14.0. The third-order valence-electron chi connectivity index (χ3n) is 2.66. The molecule has 0 saturated carbocycles. The first-order chi connectivity index (χ1) is 4.27. The lowest BCUT2D eigenvalue weighted by Gasteiger charge is -2.36. The minimum Gasteiger partial charge on any atom is -0.326 e. The van der Waals surface area contributed by atoms with Crippen molar-refractivity contribution >= 4 is 24.0 Å². The second kappa shape index (κ2) is 4.54. The second-order valence-corrected chi connectivity index (χ2v) is 3.44. The molecule has 0 atom stereocenters. The average Bonchev–Trinajstić information content (AvgIpc) is 1.90. The van der Waals surface area contributed by atoms with Gasteiger partial charge in [-0.25, -0.2) is 0 Å². The fraction of sp³-hybridized carbons (Fsp3) is 1.00. The van der Waals surface area contributed by atoms with E-state index >= 15 is 0 Å². The molecule has 1 aliphatic rings. The molecule has 10 heavy (non-hydrogen) atoms. The molecule has 1 saturated heterocycles. The van der Waals surface area contributed by atoms with Gasteiger partial charge in [-0.1, -0.05) is 0 Å². The van der Waals surface area contributed by atoms with Gasteiger partial charge in [-0.3, -0.25) is 0 Å². The summed E-state index contributed by atoms with van der Waals surface area (Å²) < 4.78 is 1.32. The first kappa shape index (κ1) is 10.7. The quantitative estimate of drug-likeness (QED) is 0.498. The molecule has 0 unspecified atom stereocenters. The molecule has 0 spiro atoms. The number of hydrogen-bond acceptors (Lipinski definition) is 0. The van der Waals surface area contributed by atoms with Crippen LogP contribution in [0, 0.1) is 0 Å². The van der Waals surface area contributed by atoms with E-state index in [0.29, 0.717) is 0 Å². The van der Waals surface area contributed by atoms with Crippen molar-refractivity contribution in [3.63, 3.8) is 0 Å². The molecule has 0 N–H and O–H groups in total. The number of rotatable bonds is 1. The van der Waals surface area contributed by atoms with E-state index in [4.69, 9.17) is 0 Å². The van der Waals surface area contributed by atoms with Crippen LogP contribution in [0.3, 0.4) is 0 Å². The van der Waals surface area contributed by atoms with Crippen molar-refractivity contribution in [3.8, 4) is 0 Å². The summed E-state index contributed by atoms with van der Waals surface area (Å²) in [5.74, 6) is 0. The third kappa shape index (κ3) is 2.74. The molecule has 0 aromatic rings. The predicted octanol–water partition coefficient (Wildman–Crippen LogP) is 2.25. The lowest BCUT2D eigenvalue weighted by molar-refractivity contribution is -0.912. The van der Waals surface area contributed by atoms with Gasteiger partial charge in [0, 0.05) is 0 Å². The minimum atomic E-state index is 0. The Kier molecular flexibility index (Phi) is 4.86. The third-order valence-corrected chi connectivity index (χ3v) is 2.66. The summed E-state index contributed by atoms with van der Waals surface area (Å²) in [7, 11) is 2.37. The van der Waals surface area contributed by atoms with Crippen molar-refractivity contribution < 1.29 is 4.48 Å². The lowest BCUT2D eigenvalue weighted by Crippen LogP contribution is -2.47. The number of hydrogen-bond donors (Lipinski definition) is 0. The van der Waals surface area contributed by atoms with Crippen LogP contribution >= 0.6 is 24.0 Å². The summed E-state index contributed by atoms with van der Waals surface area (Å²) in [6, 6.07) is 0. The van der Waals surface area contributed by atoms with E-state index in [2.05, 4.69) is 14.0 Å². The maximum atomic E-state index is 2.37. The Hall–Kier alpha value is 0.690. The van der Waals surface area contributed by atoms with Crippen molar-refractivity contribution in [2.45, 2.75) is 26.2 Å². The molecular weight excluding hydrogens is 237 g/mol. The van der Waals surface area contributed by atoms with E-state index in [0.717, 1.165) is 0 Å². The van der Waals surface area contributed by atoms with Crippen LogP contribution in [0.5, 0.6) is 0 Å². The van der Waals surface area contributed by atoms with Crippen molar-refractivity contribution in [2.75, 3.05) is 26.7 Å². The van der Waals surface area contributed by atoms with Crippen LogP contribution in [0.1, 0.15) is 26.2 Å².